The average Bonchev–Trinajstić information content (AvgIpc) is 2.34. The molecule has 0 bridgehead atoms. The van der Waals surface area contributed by atoms with Crippen LogP contribution in [-0.2, 0) is 4.79 Å². The second-order valence-electron chi connectivity index (χ2n) is 4.19. The Balaban J connectivity index is 2.15. The van der Waals surface area contributed by atoms with Crippen molar-refractivity contribution in [2.24, 2.45) is 5.73 Å². The van der Waals surface area contributed by atoms with Gasteiger partial charge in [-0.1, -0.05) is 23.7 Å². The van der Waals surface area contributed by atoms with E-state index in [-0.39, 0.29) is 5.91 Å². The van der Waals surface area contributed by atoms with Gasteiger partial charge in [-0.05, 0) is 37.1 Å². The first-order valence-electron chi connectivity index (χ1n) is 6.02. The normalized spacial score (nSPS) is 12.3. The van der Waals surface area contributed by atoms with Crippen LogP contribution < -0.4 is 11.1 Å². The highest BCUT2D eigenvalue weighted by Gasteiger charge is 2.06. The summed E-state index contributed by atoms with van der Waals surface area (Å²) in [5.41, 5.74) is 5.87. The van der Waals surface area contributed by atoms with Gasteiger partial charge in [-0.3, -0.25) is 4.79 Å². The Labute approximate surface area is 112 Å². The van der Waals surface area contributed by atoms with Crippen LogP contribution >= 0.6 is 11.6 Å². The summed E-state index contributed by atoms with van der Waals surface area (Å²) >= 11 is 5.77. The van der Waals surface area contributed by atoms with Gasteiger partial charge in [0.2, 0.25) is 5.91 Å². The molecular formula is C13H19ClN2O2. The second-order valence-corrected chi connectivity index (χ2v) is 4.63. The Morgan fingerprint density at radius 3 is 2.61 bits per heavy atom. The van der Waals surface area contributed by atoms with Crippen molar-refractivity contribution in [3.63, 3.8) is 0 Å². The van der Waals surface area contributed by atoms with Crippen molar-refractivity contribution in [3.05, 3.63) is 34.9 Å². The van der Waals surface area contributed by atoms with Gasteiger partial charge in [0.25, 0.3) is 0 Å². The molecule has 0 radical (unpaired) electrons. The number of benzene rings is 1. The molecule has 1 unspecified atom stereocenters. The van der Waals surface area contributed by atoms with E-state index in [2.05, 4.69) is 5.32 Å². The van der Waals surface area contributed by atoms with Crippen molar-refractivity contribution in [3.8, 4) is 0 Å². The zero-order valence-corrected chi connectivity index (χ0v) is 11.0. The fourth-order valence-corrected chi connectivity index (χ4v) is 1.72. The minimum Gasteiger partial charge on any atom is -0.387 e. The van der Waals surface area contributed by atoms with Gasteiger partial charge in [0.05, 0.1) is 6.10 Å². The lowest BCUT2D eigenvalue weighted by molar-refractivity contribution is -0.118. The van der Waals surface area contributed by atoms with E-state index in [1.165, 1.54) is 0 Å². The van der Waals surface area contributed by atoms with Crippen LogP contribution in [-0.4, -0.2) is 24.1 Å². The highest BCUT2D eigenvalue weighted by Crippen LogP contribution is 2.15. The standard InChI is InChI=1S/C13H19ClN2O2/c14-11-6-4-10(5-7-11)12(17)9-16-8-2-1-3-13(15)18/h4-7,12,16-17H,1-3,8-9H2,(H2,15,18). The largest absolute Gasteiger partial charge is 0.387 e. The van der Waals surface area contributed by atoms with E-state index in [9.17, 15) is 9.90 Å². The first-order chi connectivity index (χ1) is 8.59. The van der Waals surface area contributed by atoms with E-state index in [1.54, 1.807) is 12.1 Å². The zero-order valence-electron chi connectivity index (χ0n) is 10.2. The van der Waals surface area contributed by atoms with E-state index in [1.807, 2.05) is 12.1 Å². The Hall–Kier alpha value is -1.10. The van der Waals surface area contributed by atoms with Gasteiger partial charge in [0, 0.05) is 18.0 Å². The third kappa shape index (κ3) is 6.00. The molecule has 1 aromatic rings. The van der Waals surface area contributed by atoms with Gasteiger partial charge in [0.1, 0.15) is 0 Å². The number of amides is 1. The van der Waals surface area contributed by atoms with E-state index >= 15 is 0 Å². The summed E-state index contributed by atoms with van der Waals surface area (Å²) in [7, 11) is 0. The third-order valence-corrected chi connectivity index (χ3v) is 2.87. The van der Waals surface area contributed by atoms with Gasteiger partial charge >= 0.3 is 0 Å². The van der Waals surface area contributed by atoms with Crippen LogP contribution in [0.1, 0.15) is 30.9 Å². The molecule has 0 aliphatic carbocycles. The number of nitrogens with two attached hydrogens (primary N) is 1. The fourth-order valence-electron chi connectivity index (χ4n) is 1.59. The quantitative estimate of drug-likeness (QED) is 0.629. The number of halogens is 1. The van der Waals surface area contributed by atoms with Gasteiger partial charge in [-0.2, -0.15) is 0 Å². The average molecular weight is 271 g/mol. The smallest absolute Gasteiger partial charge is 0.217 e. The molecule has 0 heterocycles. The van der Waals surface area contributed by atoms with Gasteiger partial charge < -0.3 is 16.2 Å². The maximum Gasteiger partial charge on any atom is 0.217 e. The number of unbranched alkanes of at least 4 members (excludes halogenated alkanes) is 1. The summed E-state index contributed by atoms with van der Waals surface area (Å²) in [6.45, 7) is 1.25. The fraction of sp³-hybridized carbons (Fsp3) is 0.462. The number of hydrogen-bond acceptors (Lipinski definition) is 3. The Kier molecular flexibility index (Phi) is 6.72. The summed E-state index contributed by atoms with van der Waals surface area (Å²) in [6, 6.07) is 7.13. The van der Waals surface area contributed by atoms with Crippen molar-refractivity contribution in [1.82, 2.24) is 5.32 Å². The number of rotatable bonds is 8. The molecule has 0 saturated carbocycles. The summed E-state index contributed by atoms with van der Waals surface area (Å²) in [6.07, 6.45) is 1.52. The molecule has 1 aromatic carbocycles. The molecule has 0 aromatic heterocycles. The molecule has 0 spiro atoms. The molecule has 1 atom stereocenters. The molecule has 4 N–H and O–H groups in total. The first-order valence-corrected chi connectivity index (χ1v) is 6.40. The summed E-state index contributed by atoms with van der Waals surface area (Å²) in [4.78, 5) is 10.5. The topological polar surface area (TPSA) is 75.4 Å². The number of nitrogens with one attached hydrogen (secondary N) is 1. The molecule has 1 rings (SSSR count). The SMILES string of the molecule is NC(=O)CCCCNCC(O)c1ccc(Cl)cc1. The molecule has 0 aliphatic rings. The molecule has 1 amide bonds. The molecule has 5 heteroatoms. The van der Waals surface area contributed by atoms with E-state index in [0.717, 1.165) is 24.9 Å². The molecule has 18 heavy (non-hydrogen) atoms. The predicted octanol–water partition coefficient (Wildman–Crippen LogP) is 1.62. The predicted molar refractivity (Wildman–Crippen MR) is 72.3 cm³/mol. The second kappa shape index (κ2) is 8.08. The van der Waals surface area contributed by atoms with Crippen molar-refractivity contribution in [1.29, 1.82) is 0 Å². The monoisotopic (exact) mass is 270 g/mol. The number of hydrogen-bond donors (Lipinski definition) is 3. The highest BCUT2D eigenvalue weighted by molar-refractivity contribution is 6.30. The highest BCUT2D eigenvalue weighted by atomic mass is 35.5. The van der Waals surface area contributed by atoms with Gasteiger partial charge in [-0.25, -0.2) is 0 Å². The van der Waals surface area contributed by atoms with Crippen LogP contribution in [0.15, 0.2) is 24.3 Å². The van der Waals surface area contributed by atoms with E-state index < -0.39 is 6.10 Å². The Bertz CT molecular complexity index is 368. The van der Waals surface area contributed by atoms with Crippen LogP contribution in [0, 0.1) is 0 Å². The minimum absolute atomic E-state index is 0.267. The zero-order chi connectivity index (χ0) is 13.4. The number of primary amides is 1. The summed E-state index contributed by atoms with van der Waals surface area (Å²) < 4.78 is 0. The summed E-state index contributed by atoms with van der Waals surface area (Å²) in [5, 5.41) is 13.7. The Morgan fingerprint density at radius 2 is 2.00 bits per heavy atom. The molecule has 0 fully saturated rings. The molecule has 4 nitrogen and oxygen atoms in total. The van der Waals surface area contributed by atoms with Gasteiger partial charge in [-0.15, -0.1) is 0 Å². The van der Waals surface area contributed by atoms with Crippen LogP contribution in [0.2, 0.25) is 5.02 Å². The lowest BCUT2D eigenvalue weighted by Crippen LogP contribution is -2.22. The molecule has 0 saturated heterocycles. The van der Waals surface area contributed by atoms with Crippen LogP contribution in [0.5, 0.6) is 0 Å². The molecule has 0 aliphatic heterocycles. The maximum atomic E-state index is 10.5. The number of carbonyl (C=O) groups excluding carboxylic acids is 1. The number of carbonyl (C=O) groups is 1. The number of aliphatic hydroxyl groups excluding tert-OH is 1. The lowest BCUT2D eigenvalue weighted by Gasteiger charge is -2.12. The van der Waals surface area contributed by atoms with Crippen LogP contribution in [0.3, 0.4) is 0 Å². The van der Waals surface area contributed by atoms with Crippen molar-refractivity contribution < 1.29 is 9.90 Å². The maximum absolute atomic E-state index is 10.5. The molecule has 100 valence electrons. The van der Waals surface area contributed by atoms with Crippen molar-refractivity contribution >= 4 is 17.5 Å². The number of aliphatic hydroxyl groups is 1. The van der Waals surface area contributed by atoms with Crippen molar-refractivity contribution in [2.45, 2.75) is 25.4 Å². The van der Waals surface area contributed by atoms with E-state index in [0.29, 0.717) is 18.0 Å². The third-order valence-electron chi connectivity index (χ3n) is 2.62. The van der Waals surface area contributed by atoms with Crippen molar-refractivity contribution in [2.75, 3.05) is 13.1 Å². The van der Waals surface area contributed by atoms with Gasteiger partial charge in [0.15, 0.2) is 0 Å². The minimum atomic E-state index is -0.543. The Morgan fingerprint density at radius 1 is 1.33 bits per heavy atom. The van der Waals surface area contributed by atoms with E-state index in [4.69, 9.17) is 17.3 Å². The van der Waals surface area contributed by atoms with Crippen LogP contribution in [0.4, 0.5) is 0 Å². The summed E-state index contributed by atoms with van der Waals surface area (Å²) in [5.74, 6) is -0.267. The first kappa shape index (κ1) is 15.0. The lowest BCUT2D eigenvalue weighted by atomic mass is 10.1. The van der Waals surface area contributed by atoms with Crippen LogP contribution in [0.25, 0.3) is 0 Å². The molecular weight excluding hydrogens is 252 g/mol.